The van der Waals surface area contributed by atoms with E-state index in [0.717, 1.165) is 23.2 Å². The Kier molecular flexibility index (Phi) is 7.29. The predicted molar refractivity (Wildman–Crippen MR) is 150 cm³/mol. The topological polar surface area (TPSA) is 29.1 Å². The van der Waals surface area contributed by atoms with Crippen molar-refractivity contribution in [3.8, 4) is 0 Å². The van der Waals surface area contributed by atoms with Crippen molar-refractivity contribution in [2.24, 2.45) is 0 Å². The van der Waals surface area contributed by atoms with E-state index in [0.29, 0.717) is 0 Å². The van der Waals surface area contributed by atoms with Crippen LogP contribution in [0, 0.1) is 20.8 Å². The third-order valence-electron chi connectivity index (χ3n) is 6.86. The maximum atomic E-state index is 14.2. The zero-order valence-electron chi connectivity index (χ0n) is 20.5. The minimum absolute atomic E-state index is 0.0979. The summed E-state index contributed by atoms with van der Waals surface area (Å²) in [5.74, 6) is 0.0979. The van der Waals surface area contributed by atoms with Gasteiger partial charge in [0.2, 0.25) is 0 Å². The van der Waals surface area contributed by atoms with Crippen LogP contribution in [0.4, 0.5) is 5.69 Å². The van der Waals surface area contributed by atoms with Crippen molar-refractivity contribution in [1.29, 1.82) is 0 Å². The summed E-state index contributed by atoms with van der Waals surface area (Å²) < 4.78 is 0. The van der Waals surface area contributed by atoms with Crippen molar-refractivity contribution in [3.63, 3.8) is 0 Å². The molecule has 0 heterocycles. The van der Waals surface area contributed by atoms with E-state index in [1.54, 1.807) is 0 Å². The zero-order chi connectivity index (χ0) is 24.1. The standard InChI is InChI=1S/C31H34NOP/c1-5-29(31(33)32-30-24(3)21-23(2)22-25(30)4)34(26-15-9-6-10-16-26,27-17-11-7-12-18-27)28-19-13-8-14-20-28/h6-22,29,34H,5H2,1-4H3,(H,32,33). The molecule has 1 N–H and O–H groups in total. The Morgan fingerprint density at radius 3 is 1.44 bits per heavy atom. The number of hydrogen-bond donors (Lipinski definition) is 1. The van der Waals surface area contributed by atoms with Crippen LogP contribution in [-0.2, 0) is 4.79 Å². The first-order chi connectivity index (χ1) is 16.5. The van der Waals surface area contributed by atoms with Crippen molar-refractivity contribution in [3.05, 3.63) is 120 Å². The number of carbonyl (C=O) groups excluding carboxylic acids is 1. The molecule has 0 aliphatic heterocycles. The fourth-order valence-electron chi connectivity index (χ4n) is 5.48. The van der Waals surface area contributed by atoms with Crippen LogP contribution >= 0.6 is 7.26 Å². The number of hydrogen-bond acceptors (Lipinski definition) is 1. The molecule has 1 atom stereocenters. The third kappa shape index (κ3) is 4.43. The summed E-state index contributed by atoms with van der Waals surface area (Å²) in [4.78, 5) is 14.2. The number of anilines is 1. The van der Waals surface area contributed by atoms with Gasteiger partial charge in [0.1, 0.15) is 0 Å². The average molecular weight is 468 g/mol. The SMILES string of the molecule is CCC(C(=O)Nc1c(C)cc(C)cc1C)[PH](c1ccccc1)(c1ccccc1)c1ccccc1. The summed E-state index contributed by atoms with van der Waals surface area (Å²) in [5, 5.41) is 7.14. The van der Waals surface area contributed by atoms with Crippen molar-refractivity contribution >= 4 is 34.8 Å². The molecular formula is C31H34NOP. The second-order valence-electron chi connectivity index (χ2n) is 9.13. The first-order valence-corrected chi connectivity index (χ1v) is 14.1. The van der Waals surface area contributed by atoms with Crippen LogP contribution < -0.4 is 21.2 Å². The summed E-state index contributed by atoms with van der Waals surface area (Å²) in [7, 11) is -2.73. The molecule has 0 aliphatic rings. The van der Waals surface area contributed by atoms with Gasteiger partial charge >= 0.3 is 204 Å². The normalized spacial score (nSPS) is 12.7. The molecular weight excluding hydrogens is 433 g/mol. The van der Waals surface area contributed by atoms with Crippen molar-refractivity contribution in [2.45, 2.75) is 39.8 Å². The van der Waals surface area contributed by atoms with E-state index >= 15 is 0 Å². The summed E-state index contributed by atoms with van der Waals surface area (Å²) in [6.07, 6.45) is 0.751. The molecule has 0 fully saturated rings. The van der Waals surface area contributed by atoms with E-state index in [9.17, 15) is 4.79 Å². The molecule has 1 amide bonds. The Balaban J connectivity index is 1.95. The number of aryl methyl sites for hydroxylation is 3. The fourth-order valence-corrected chi connectivity index (χ4v) is 10.9. The molecule has 2 nitrogen and oxygen atoms in total. The van der Waals surface area contributed by atoms with Gasteiger partial charge in [-0.25, -0.2) is 0 Å². The molecule has 0 aliphatic carbocycles. The van der Waals surface area contributed by atoms with Crippen molar-refractivity contribution in [1.82, 2.24) is 0 Å². The van der Waals surface area contributed by atoms with E-state index in [1.807, 2.05) is 0 Å². The van der Waals surface area contributed by atoms with Gasteiger partial charge in [-0.2, -0.15) is 0 Å². The molecule has 174 valence electrons. The van der Waals surface area contributed by atoms with E-state index in [2.05, 4.69) is 136 Å². The predicted octanol–water partition coefficient (Wildman–Crippen LogP) is 6.06. The van der Waals surface area contributed by atoms with Gasteiger partial charge in [-0.1, -0.05) is 0 Å². The molecule has 0 aromatic heterocycles. The number of benzene rings is 4. The van der Waals surface area contributed by atoms with Gasteiger partial charge in [0.05, 0.1) is 0 Å². The van der Waals surface area contributed by atoms with Crippen LogP contribution in [0.15, 0.2) is 103 Å². The fraction of sp³-hybridized carbons (Fsp3) is 0.194. The average Bonchev–Trinajstić information content (AvgIpc) is 2.86. The molecule has 0 radical (unpaired) electrons. The second kappa shape index (κ2) is 10.4. The first kappa shape index (κ1) is 23.9. The number of nitrogens with one attached hydrogen (secondary N) is 1. The van der Waals surface area contributed by atoms with Gasteiger partial charge in [-0.3, -0.25) is 0 Å². The molecule has 0 saturated heterocycles. The summed E-state index contributed by atoms with van der Waals surface area (Å²) in [6, 6.07) is 36.3. The number of amides is 1. The van der Waals surface area contributed by atoms with E-state index in [-0.39, 0.29) is 11.6 Å². The van der Waals surface area contributed by atoms with Gasteiger partial charge in [-0.15, -0.1) is 0 Å². The third-order valence-corrected chi connectivity index (χ3v) is 12.3. The number of carbonyl (C=O) groups is 1. The molecule has 0 spiro atoms. The van der Waals surface area contributed by atoms with Gasteiger partial charge in [0.25, 0.3) is 0 Å². The molecule has 34 heavy (non-hydrogen) atoms. The monoisotopic (exact) mass is 467 g/mol. The second-order valence-corrected chi connectivity index (χ2v) is 13.2. The van der Waals surface area contributed by atoms with E-state index < -0.39 is 7.26 Å². The zero-order valence-corrected chi connectivity index (χ0v) is 21.5. The van der Waals surface area contributed by atoms with Gasteiger partial charge < -0.3 is 0 Å². The Morgan fingerprint density at radius 1 is 0.706 bits per heavy atom. The van der Waals surface area contributed by atoms with E-state index in [1.165, 1.54) is 21.5 Å². The molecule has 4 rings (SSSR count). The van der Waals surface area contributed by atoms with Crippen LogP contribution in [0.25, 0.3) is 0 Å². The van der Waals surface area contributed by atoms with Crippen LogP contribution in [0.1, 0.15) is 30.0 Å². The van der Waals surface area contributed by atoms with Gasteiger partial charge in [0.15, 0.2) is 0 Å². The number of rotatable bonds is 7. The minimum atomic E-state index is -2.73. The molecule has 4 aromatic carbocycles. The van der Waals surface area contributed by atoms with Gasteiger partial charge in [-0.05, 0) is 0 Å². The Labute approximate surface area is 204 Å². The van der Waals surface area contributed by atoms with Crippen LogP contribution in [0.3, 0.4) is 0 Å². The molecule has 0 bridgehead atoms. The summed E-state index contributed by atoms with van der Waals surface area (Å²) in [5.41, 5.74) is 4.17. The van der Waals surface area contributed by atoms with E-state index in [4.69, 9.17) is 0 Å². The molecule has 4 aromatic rings. The summed E-state index contributed by atoms with van der Waals surface area (Å²) >= 11 is 0. The van der Waals surface area contributed by atoms with Crippen LogP contribution in [0.5, 0.6) is 0 Å². The van der Waals surface area contributed by atoms with Crippen LogP contribution in [0.2, 0.25) is 0 Å². The Hall–Kier alpha value is -3.22. The van der Waals surface area contributed by atoms with Crippen LogP contribution in [-0.4, -0.2) is 11.6 Å². The summed E-state index contributed by atoms with van der Waals surface area (Å²) in [6.45, 7) is 8.40. The van der Waals surface area contributed by atoms with Gasteiger partial charge in [0, 0.05) is 0 Å². The Morgan fingerprint density at radius 2 is 1.09 bits per heavy atom. The quantitative estimate of drug-likeness (QED) is 0.329. The Bertz CT molecular complexity index is 1130. The molecule has 1 unspecified atom stereocenters. The van der Waals surface area contributed by atoms with Crippen molar-refractivity contribution < 1.29 is 4.79 Å². The molecule has 0 saturated carbocycles. The molecule has 3 heteroatoms. The first-order valence-electron chi connectivity index (χ1n) is 12.0. The van der Waals surface area contributed by atoms with Crippen molar-refractivity contribution in [2.75, 3.05) is 5.32 Å². The maximum absolute atomic E-state index is 14.2.